The molecule has 1 saturated heterocycles. The van der Waals surface area contributed by atoms with Crippen LogP contribution in [0.3, 0.4) is 0 Å². The van der Waals surface area contributed by atoms with E-state index in [2.05, 4.69) is 37.8 Å². The molecule has 0 bridgehead atoms. The number of hydrogen-bond acceptors (Lipinski definition) is 7. The van der Waals surface area contributed by atoms with Crippen LogP contribution in [0.1, 0.15) is 56.8 Å². The minimum absolute atomic E-state index is 0.0126. The molecule has 2 aromatic heterocycles. The lowest BCUT2D eigenvalue weighted by molar-refractivity contribution is -0.127. The normalized spacial score (nSPS) is 20.8. The van der Waals surface area contributed by atoms with Crippen molar-refractivity contribution in [3.05, 3.63) is 59.8 Å². The maximum Gasteiger partial charge on any atom is 0.224 e. The van der Waals surface area contributed by atoms with Gasteiger partial charge in [-0.3, -0.25) is 4.79 Å². The summed E-state index contributed by atoms with van der Waals surface area (Å²) >= 11 is 0. The maximum absolute atomic E-state index is 15.0. The van der Waals surface area contributed by atoms with Gasteiger partial charge in [0.15, 0.2) is 11.6 Å². The van der Waals surface area contributed by atoms with Crippen molar-refractivity contribution in [1.82, 2.24) is 20.1 Å². The molecule has 43 heavy (non-hydrogen) atoms. The predicted octanol–water partition coefficient (Wildman–Crippen LogP) is 5.24. The summed E-state index contributed by atoms with van der Waals surface area (Å²) in [6.45, 7) is 7.10. The number of rotatable bonds is 7. The molecule has 0 spiro atoms. The van der Waals surface area contributed by atoms with Crippen LogP contribution >= 0.6 is 0 Å². The Hall–Kier alpha value is -3.78. The molecule has 2 aliphatic rings. The quantitative estimate of drug-likeness (QED) is 0.394. The Bertz CT molecular complexity index is 1620. The molecular weight excluding hydrogens is 565 g/mol. The summed E-state index contributed by atoms with van der Waals surface area (Å²) in [6, 6.07) is 12.8. The average Bonchev–Trinajstić information content (AvgIpc) is 3.36. The lowest BCUT2D eigenvalue weighted by Crippen LogP contribution is -2.43. The fourth-order valence-corrected chi connectivity index (χ4v) is 7.84. The molecular formula is C32H40FN7O2S. The van der Waals surface area contributed by atoms with Crippen LogP contribution in [0.5, 0.6) is 0 Å². The Morgan fingerprint density at radius 1 is 1.16 bits per heavy atom. The highest BCUT2D eigenvalue weighted by Gasteiger charge is 2.37. The first-order valence-electron chi connectivity index (χ1n) is 15.0. The highest BCUT2D eigenvalue weighted by molar-refractivity contribution is 7.93. The van der Waals surface area contributed by atoms with Crippen LogP contribution in [0.2, 0.25) is 0 Å². The molecule has 228 valence electrons. The van der Waals surface area contributed by atoms with E-state index in [1.165, 1.54) is 6.07 Å². The second-order valence-corrected chi connectivity index (χ2v) is 14.5. The molecule has 1 amide bonds. The zero-order chi connectivity index (χ0) is 30.7. The Balaban J connectivity index is 1.54. The Morgan fingerprint density at radius 2 is 1.86 bits per heavy atom. The molecule has 1 aromatic carbocycles. The van der Waals surface area contributed by atoms with Gasteiger partial charge in [0.2, 0.25) is 5.91 Å². The first-order chi connectivity index (χ1) is 20.7. The summed E-state index contributed by atoms with van der Waals surface area (Å²) in [7, 11) is -0.477. The van der Waals surface area contributed by atoms with E-state index in [4.69, 9.17) is 5.10 Å². The highest BCUT2D eigenvalue weighted by Crippen LogP contribution is 2.43. The minimum atomic E-state index is -2.11. The number of hydrogen-bond donors (Lipinski definition) is 1. The fraction of sp³-hybridized carbons (Fsp3) is 0.500. The molecule has 9 nitrogen and oxygen atoms in total. The average molecular weight is 606 g/mol. The van der Waals surface area contributed by atoms with Crippen molar-refractivity contribution in [3.8, 4) is 23.0 Å². The van der Waals surface area contributed by atoms with Crippen LogP contribution in [-0.4, -0.2) is 62.6 Å². The zero-order valence-corrected chi connectivity index (χ0v) is 26.1. The third-order valence-corrected chi connectivity index (χ3v) is 11.2. The Kier molecular flexibility index (Phi) is 9.16. The second kappa shape index (κ2) is 12.8. The van der Waals surface area contributed by atoms with E-state index < -0.39 is 21.6 Å². The van der Waals surface area contributed by atoms with Crippen molar-refractivity contribution >= 4 is 21.3 Å². The SMILES string of the molecule is CN=S1(=O)CCN(c2ccc(-c3c([C@@H]4CCCC[C@H]4C(=O)N[C@H](C#N)C(C)C)nn(-c4ncccc4F)c3C)cc2)CC1. The van der Waals surface area contributed by atoms with E-state index in [0.29, 0.717) is 31.0 Å². The lowest BCUT2D eigenvalue weighted by Gasteiger charge is -2.31. The molecule has 3 aromatic rings. The van der Waals surface area contributed by atoms with Crippen LogP contribution in [0.25, 0.3) is 16.9 Å². The molecule has 0 radical (unpaired) electrons. The predicted molar refractivity (Wildman–Crippen MR) is 167 cm³/mol. The van der Waals surface area contributed by atoms with Crippen molar-refractivity contribution in [3.63, 3.8) is 0 Å². The molecule has 3 atom stereocenters. The van der Waals surface area contributed by atoms with E-state index >= 15 is 0 Å². The van der Waals surface area contributed by atoms with E-state index in [9.17, 15) is 18.7 Å². The van der Waals surface area contributed by atoms with Crippen molar-refractivity contribution < 1.29 is 13.4 Å². The first kappa shape index (κ1) is 30.7. The summed E-state index contributed by atoms with van der Waals surface area (Å²) in [4.78, 5) is 20.1. The summed E-state index contributed by atoms with van der Waals surface area (Å²) in [5.41, 5.74) is 4.31. The Labute approximate surface area is 253 Å². The van der Waals surface area contributed by atoms with Gasteiger partial charge in [-0.2, -0.15) is 10.4 Å². The van der Waals surface area contributed by atoms with Gasteiger partial charge in [-0.25, -0.2) is 22.6 Å². The van der Waals surface area contributed by atoms with E-state index in [1.807, 2.05) is 32.9 Å². The largest absolute Gasteiger partial charge is 0.370 e. The molecule has 5 rings (SSSR count). The molecule has 1 aliphatic heterocycles. The number of amides is 1. The van der Waals surface area contributed by atoms with Crippen LogP contribution in [0.4, 0.5) is 10.1 Å². The van der Waals surface area contributed by atoms with Crippen molar-refractivity contribution in [2.45, 2.75) is 58.4 Å². The number of pyridine rings is 1. The number of aromatic nitrogens is 3. The smallest absolute Gasteiger partial charge is 0.224 e. The van der Waals surface area contributed by atoms with E-state index in [-0.39, 0.29) is 29.5 Å². The number of nitrogens with zero attached hydrogens (tertiary/aromatic N) is 6. The van der Waals surface area contributed by atoms with Gasteiger partial charge in [0, 0.05) is 70.7 Å². The summed E-state index contributed by atoms with van der Waals surface area (Å²) < 4.78 is 33.3. The van der Waals surface area contributed by atoms with Gasteiger partial charge in [0.25, 0.3) is 0 Å². The maximum atomic E-state index is 15.0. The third kappa shape index (κ3) is 6.30. The number of nitriles is 1. The Morgan fingerprint density at radius 3 is 2.49 bits per heavy atom. The standard InChI is InChI=1S/C32H40FN7O2S/c1-21(2)28(20-34)37-32(41)26-9-6-5-8-25(26)30-29(22(3)40(38-30)31-27(33)10-7-15-36-31)23-11-13-24(14-12-23)39-16-18-43(42,35-4)19-17-39/h7,10-15,21,25-26,28H,5-6,8-9,16-19H2,1-4H3,(H,37,41)/t25-,26-,28-/m1/s1. The van der Waals surface area contributed by atoms with Crippen LogP contribution in [0, 0.1) is 35.9 Å². The molecule has 11 heteroatoms. The van der Waals surface area contributed by atoms with E-state index in [0.717, 1.165) is 47.5 Å². The summed E-state index contributed by atoms with van der Waals surface area (Å²) in [6.07, 6.45) is 4.86. The number of anilines is 1. The fourth-order valence-electron chi connectivity index (χ4n) is 6.26. The topological polar surface area (TPSA) is 116 Å². The van der Waals surface area contributed by atoms with E-state index in [1.54, 1.807) is 24.0 Å². The highest BCUT2D eigenvalue weighted by atomic mass is 32.2. The molecule has 0 unspecified atom stereocenters. The molecule has 2 fully saturated rings. The number of benzene rings is 1. The zero-order valence-electron chi connectivity index (χ0n) is 25.3. The number of halogens is 1. The third-order valence-electron chi connectivity index (χ3n) is 8.85. The first-order valence-corrected chi connectivity index (χ1v) is 16.9. The summed E-state index contributed by atoms with van der Waals surface area (Å²) in [5, 5.41) is 17.6. The van der Waals surface area contributed by atoms with Crippen molar-refractivity contribution in [1.29, 1.82) is 5.26 Å². The monoisotopic (exact) mass is 605 g/mol. The minimum Gasteiger partial charge on any atom is -0.370 e. The van der Waals surface area contributed by atoms with Gasteiger partial charge < -0.3 is 10.2 Å². The van der Waals surface area contributed by atoms with Gasteiger partial charge in [-0.1, -0.05) is 38.8 Å². The van der Waals surface area contributed by atoms with Gasteiger partial charge in [0.1, 0.15) is 6.04 Å². The van der Waals surface area contributed by atoms with Gasteiger partial charge >= 0.3 is 0 Å². The van der Waals surface area contributed by atoms with Crippen LogP contribution < -0.4 is 10.2 Å². The van der Waals surface area contributed by atoms with Crippen LogP contribution in [-0.2, 0) is 14.5 Å². The molecule has 1 N–H and O–H groups in total. The van der Waals surface area contributed by atoms with Crippen LogP contribution in [0.15, 0.2) is 47.0 Å². The lowest BCUT2D eigenvalue weighted by atomic mass is 9.75. The van der Waals surface area contributed by atoms with Gasteiger partial charge in [-0.15, -0.1) is 0 Å². The molecule has 3 heterocycles. The van der Waals surface area contributed by atoms with Crippen molar-refractivity contribution in [2.24, 2.45) is 16.2 Å². The molecule has 1 aliphatic carbocycles. The second-order valence-electron chi connectivity index (χ2n) is 11.8. The number of nitrogens with one attached hydrogen (secondary N) is 1. The van der Waals surface area contributed by atoms with Crippen molar-refractivity contribution in [2.75, 3.05) is 36.5 Å². The number of carbonyl (C=O) groups excluding carboxylic acids is 1. The molecule has 1 saturated carbocycles. The van der Waals surface area contributed by atoms with Gasteiger partial charge in [0.05, 0.1) is 17.5 Å². The summed E-state index contributed by atoms with van der Waals surface area (Å²) in [5.74, 6) is 0.0260. The number of carbonyl (C=O) groups is 1. The van der Waals surface area contributed by atoms with Gasteiger partial charge in [-0.05, 0) is 55.5 Å².